The summed E-state index contributed by atoms with van der Waals surface area (Å²) < 4.78 is 42.9. The van der Waals surface area contributed by atoms with E-state index in [1.807, 2.05) is 0 Å². The molecule has 9 heteroatoms. The van der Waals surface area contributed by atoms with Gasteiger partial charge in [-0.2, -0.15) is 18.2 Å². The molecule has 2 rings (SSSR count). The van der Waals surface area contributed by atoms with Crippen molar-refractivity contribution in [2.45, 2.75) is 12.7 Å². The molecule has 0 saturated carbocycles. The van der Waals surface area contributed by atoms with E-state index in [9.17, 15) is 13.2 Å². The van der Waals surface area contributed by atoms with E-state index < -0.39 is 12.7 Å². The molecule has 0 spiro atoms. The van der Waals surface area contributed by atoms with Crippen molar-refractivity contribution in [3.05, 3.63) is 34.0 Å². The van der Waals surface area contributed by atoms with Crippen molar-refractivity contribution in [3.8, 4) is 11.8 Å². The summed E-state index contributed by atoms with van der Waals surface area (Å²) in [7, 11) is 0. The van der Waals surface area contributed by atoms with Crippen molar-refractivity contribution < 1.29 is 17.9 Å². The van der Waals surface area contributed by atoms with Crippen LogP contribution in [0.1, 0.15) is 0 Å². The van der Waals surface area contributed by atoms with Gasteiger partial charge in [0.05, 0.1) is 5.02 Å². The Hall–Kier alpha value is -1.28. The summed E-state index contributed by atoms with van der Waals surface area (Å²) in [5, 5.41) is 3.82. The van der Waals surface area contributed by atoms with Gasteiger partial charge in [-0.1, -0.05) is 23.7 Å². The number of benzene rings is 1. The minimum atomic E-state index is -4.42. The van der Waals surface area contributed by atoms with Crippen LogP contribution in [0.2, 0.25) is 5.02 Å². The van der Waals surface area contributed by atoms with E-state index >= 15 is 0 Å². The summed E-state index contributed by atoms with van der Waals surface area (Å²) in [5.74, 6) is 0.201. The second-order valence-corrected chi connectivity index (χ2v) is 4.59. The fourth-order valence-corrected chi connectivity index (χ4v) is 1.79. The van der Waals surface area contributed by atoms with Crippen molar-refractivity contribution in [3.63, 3.8) is 0 Å². The van der Waals surface area contributed by atoms with Gasteiger partial charge in [-0.15, -0.1) is 5.10 Å². The average molecular weight is 357 g/mol. The van der Waals surface area contributed by atoms with Gasteiger partial charge in [-0.3, -0.25) is 0 Å². The van der Waals surface area contributed by atoms with E-state index in [1.165, 1.54) is 6.07 Å². The van der Waals surface area contributed by atoms with Crippen LogP contribution < -0.4 is 4.74 Å². The molecule has 0 aliphatic carbocycles. The van der Waals surface area contributed by atoms with E-state index in [2.05, 4.69) is 26.0 Å². The topological polar surface area (TPSA) is 39.9 Å². The Morgan fingerprint density at radius 2 is 2.00 bits per heavy atom. The van der Waals surface area contributed by atoms with Crippen LogP contribution in [0.15, 0.2) is 29.0 Å². The number of alkyl halides is 3. The second kappa shape index (κ2) is 5.38. The van der Waals surface area contributed by atoms with Crippen molar-refractivity contribution in [2.75, 3.05) is 0 Å². The first-order chi connectivity index (χ1) is 8.85. The molecule has 4 nitrogen and oxygen atoms in total. The van der Waals surface area contributed by atoms with Gasteiger partial charge in [0, 0.05) is 0 Å². The molecule has 1 aromatic carbocycles. The SMILES string of the molecule is FC(F)(F)Cn1nc(Br)nc1Oc1ccccc1Cl. The maximum Gasteiger partial charge on any atom is 0.408 e. The van der Waals surface area contributed by atoms with Gasteiger partial charge >= 0.3 is 12.2 Å². The molecular formula is C10H6BrClF3N3O. The summed E-state index contributed by atoms with van der Waals surface area (Å²) in [4.78, 5) is 3.72. The number of halogens is 5. The number of aromatic nitrogens is 3. The Kier molecular flexibility index (Phi) is 4.00. The maximum absolute atomic E-state index is 12.4. The lowest BCUT2D eigenvalue weighted by molar-refractivity contribution is -0.143. The molecule has 0 bridgehead atoms. The molecular weight excluding hydrogens is 350 g/mol. The molecule has 19 heavy (non-hydrogen) atoms. The van der Waals surface area contributed by atoms with Crippen LogP contribution in [0.25, 0.3) is 0 Å². The molecule has 0 aliphatic rings. The zero-order chi connectivity index (χ0) is 14.0. The number of hydrogen-bond acceptors (Lipinski definition) is 3. The second-order valence-electron chi connectivity index (χ2n) is 3.47. The van der Waals surface area contributed by atoms with E-state index in [1.54, 1.807) is 18.2 Å². The molecule has 2 aromatic rings. The van der Waals surface area contributed by atoms with Crippen molar-refractivity contribution in [2.24, 2.45) is 0 Å². The van der Waals surface area contributed by atoms with Crippen LogP contribution in [0.4, 0.5) is 13.2 Å². The Bertz CT molecular complexity index is 588. The van der Waals surface area contributed by atoms with Gasteiger partial charge in [0.1, 0.15) is 12.3 Å². The summed E-state index contributed by atoms with van der Waals surface area (Å²) in [5.41, 5.74) is 0. The number of rotatable bonds is 3. The molecule has 0 unspecified atom stereocenters. The van der Waals surface area contributed by atoms with Gasteiger partial charge < -0.3 is 4.74 Å². The van der Waals surface area contributed by atoms with Crippen LogP contribution in [0, 0.1) is 0 Å². The molecule has 0 saturated heterocycles. The van der Waals surface area contributed by atoms with Gasteiger partial charge in [0.25, 0.3) is 0 Å². The molecule has 0 amide bonds. The third-order valence-electron chi connectivity index (χ3n) is 1.98. The highest BCUT2D eigenvalue weighted by Crippen LogP contribution is 2.29. The largest absolute Gasteiger partial charge is 0.423 e. The monoisotopic (exact) mass is 355 g/mol. The van der Waals surface area contributed by atoms with Crippen LogP contribution in [-0.4, -0.2) is 20.9 Å². The van der Waals surface area contributed by atoms with Crippen molar-refractivity contribution in [1.82, 2.24) is 14.8 Å². The van der Waals surface area contributed by atoms with Gasteiger partial charge in [0.2, 0.25) is 4.73 Å². The van der Waals surface area contributed by atoms with Gasteiger partial charge in [-0.05, 0) is 28.1 Å². The number of nitrogens with zero attached hydrogens (tertiary/aromatic N) is 3. The summed E-state index contributed by atoms with van der Waals surface area (Å²) >= 11 is 8.75. The third kappa shape index (κ3) is 3.84. The minimum Gasteiger partial charge on any atom is -0.423 e. The standard InChI is InChI=1S/C10H6BrClF3N3O/c11-8-16-9(18(17-8)5-10(13,14)15)19-7-4-2-1-3-6(7)12/h1-4H,5H2. The quantitative estimate of drug-likeness (QED) is 0.833. The van der Waals surface area contributed by atoms with Crippen LogP contribution >= 0.6 is 27.5 Å². The van der Waals surface area contributed by atoms with E-state index in [-0.39, 0.29) is 21.5 Å². The van der Waals surface area contributed by atoms with Gasteiger partial charge in [-0.25, -0.2) is 4.68 Å². The highest BCUT2D eigenvalue weighted by Gasteiger charge is 2.31. The molecule has 1 aromatic heterocycles. The Morgan fingerprint density at radius 3 is 2.63 bits per heavy atom. The lowest BCUT2D eigenvalue weighted by atomic mass is 10.3. The van der Waals surface area contributed by atoms with Gasteiger partial charge in [0.15, 0.2) is 0 Å². The fraction of sp³-hybridized carbons (Fsp3) is 0.200. The summed E-state index contributed by atoms with van der Waals surface area (Å²) in [6.45, 7) is -1.30. The Morgan fingerprint density at radius 1 is 1.32 bits per heavy atom. The maximum atomic E-state index is 12.4. The first-order valence-electron chi connectivity index (χ1n) is 4.94. The molecule has 0 fully saturated rings. The molecule has 0 aliphatic heterocycles. The lowest BCUT2D eigenvalue weighted by Gasteiger charge is -2.09. The highest BCUT2D eigenvalue weighted by atomic mass is 79.9. The highest BCUT2D eigenvalue weighted by molar-refractivity contribution is 9.10. The van der Waals surface area contributed by atoms with E-state index in [0.717, 1.165) is 0 Å². The van der Waals surface area contributed by atoms with Crippen LogP contribution in [0.5, 0.6) is 11.8 Å². The average Bonchev–Trinajstić information content (AvgIpc) is 2.60. The lowest BCUT2D eigenvalue weighted by Crippen LogP contribution is -2.19. The number of para-hydroxylation sites is 1. The predicted molar refractivity (Wildman–Crippen MR) is 65.3 cm³/mol. The molecule has 1 heterocycles. The van der Waals surface area contributed by atoms with E-state index in [4.69, 9.17) is 16.3 Å². The third-order valence-corrected chi connectivity index (χ3v) is 2.63. The molecule has 102 valence electrons. The predicted octanol–water partition coefficient (Wildman–Crippen LogP) is 4.05. The first kappa shape index (κ1) is 14.1. The first-order valence-corrected chi connectivity index (χ1v) is 6.12. The van der Waals surface area contributed by atoms with Crippen molar-refractivity contribution in [1.29, 1.82) is 0 Å². The minimum absolute atomic E-state index is 0.00111. The Balaban J connectivity index is 2.28. The Labute approximate surface area is 119 Å². The number of hydrogen-bond donors (Lipinski definition) is 0. The molecule has 0 radical (unpaired) electrons. The molecule has 0 N–H and O–H groups in total. The fourth-order valence-electron chi connectivity index (χ4n) is 1.28. The zero-order valence-electron chi connectivity index (χ0n) is 9.16. The summed E-state index contributed by atoms with van der Waals surface area (Å²) in [6, 6.07) is 6.09. The smallest absolute Gasteiger partial charge is 0.408 e. The number of ether oxygens (including phenoxy) is 1. The van der Waals surface area contributed by atoms with Crippen LogP contribution in [0.3, 0.4) is 0 Å². The van der Waals surface area contributed by atoms with E-state index in [0.29, 0.717) is 4.68 Å². The van der Waals surface area contributed by atoms with Crippen molar-refractivity contribution >= 4 is 27.5 Å². The zero-order valence-corrected chi connectivity index (χ0v) is 11.5. The molecule has 0 atom stereocenters. The van der Waals surface area contributed by atoms with Crippen LogP contribution in [-0.2, 0) is 6.54 Å². The normalized spacial score (nSPS) is 11.6. The summed E-state index contributed by atoms with van der Waals surface area (Å²) in [6.07, 6.45) is -4.42.